The fraction of sp³-hybridized carbons (Fsp3) is 0. The Morgan fingerprint density at radius 3 is 0.607 bits per heavy atom. The van der Waals surface area contributed by atoms with Crippen molar-refractivity contribution in [3.8, 4) is 0 Å². The zero-order chi connectivity index (χ0) is 18.8. The van der Waals surface area contributed by atoms with E-state index in [9.17, 15) is 0 Å². The molecule has 4 aromatic carbocycles. The van der Waals surface area contributed by atoms with Crippen LogP contribution in [0.3, 0.4) is 0 Å². The van der Waals surface area contributed by atoms with E-state index in [1.54, 1.807) is 17.4 Å². The van der Waals surface area contributed by atoms with Crippen LogP contribution in [0.25, 0.3) is 0 Å². The maximum atomic E-state index is 2.46. The van der Waals surface area contributed by atoms with Crippen molar-refractivity contribution in [2.75, 3.05) is 0 Å². The third kappa shape index (κ3) is 3.67. The summed E-state index contributed by atoms with van der Waals surface area (Å²) >= 11 is 0. The van der Waals surface area contributed by atoms with Crippen molar-refractivity contribution in [2.24, 2.45) is 0 Å². The zero-order valence-corrected chi connectivity index (χ0v) is 22.8. The molecule has 4 aromatic rings. The van der Waals surface area contributed by atoms with Crippen molar-refractivity contribution >= 4 is 59.5 Å². The zero-order valence-electron chi connectivity index (χ0n) is 15.3. The Kier molecular flexibility index (Phi) is 6.04. The van der Waals surface area contributed by atoms with Gasteiger partial charge in [0, 0.05) is 0 Å². The van der Waals surface area contributed by atoms with E-state index in [2.05, 4.69) is 121 Å². The third-order valence-electron chi connectivity index (χ3n) is 4.67. The van der Waals surface area contributed by atoms with E-state index in [-0.39, 0.29) is 0 Å². The van der Waals surface area contributed by atoms with Crippen LogP contribution in [0.4, 0.5) is 0 Å². The molecule has 1 fully saturated rings. The first-order valence-corrected chi connectivity index (χ1v) is 33.9. The summed E-state index contributed by atoms with van der Waals surface area (Å²) in [6.45, 7) is 0. The molecule has 1 saturated heterocycles. The van der Waals surface area contributed by atoms with Crippen LogP contribution in [-0.2, 0) is 0 Å². The first kappa shape index (κ1) is 19.1. The average Bonchev–Trinajstić information content (AvgIpc) is 2.76. The van der Waals surface area contributed by atoms with E-state index in [1.165, 1.54) is 0 Å². The Labute approximate surface area is 179 Å². The summed E-state index contributed by atoms with van der Waals surface area (Å²) in [5.74, 6) is 0. The molecule has 4 heteroatoms. The molecule has 1 aliphatic rings. The Morgan fingerprint density at radius 1 is 0.250 bits per heavy atom. The predicted molar refractivity (Wildman–Crippen MR) is 127 cm³/mol. The SMILES string of the molecule is c1ccc([As]2[As](c3ccccc3)[As](c3ccccc3)[As]2c2ccccc2)cc1. The monoisotopic (exact) mass is 608 g/mol. The van der Waals surface area contributed by atoms with E-state index >= 15 is 0 Å². The Morgan fingerprint density at radius 2 is 0.429 bits per heavy atom. The molecular weight excluding hydrogens is 588 g/mol. The first-order valence-electron chi connectivity index (χ1n) is 9.34. The van der Waals surface area contributed by atoms with Crippen LogP contribution in [0.2, 0.25) is 0 Å². The molecule has 0 atom stereocenters. The van der Waals surface area contributed by atoms with Crippen molar-refractivity contribution in [1.82, 2.24) is 0 Å². The second-order valence-electron chi connectivity index (χ2n) is 6.50. The van der Waals surface area contributed by atoms with Gasteiger partial charge in [-0.15, -0.1) is 0 Å². The van der Waals surface area contributed by atoms with E-state index in [1.807, 2.05) is 0 Å². The summed E-state index contributed by atoms with van der Waals surface area (Å²) in [6, 6.07) is 46.7. The van der Waals surface area contributed by atoms with E-state index in [4.69, 9.17) is 0 Å². The fourth-order valence-corrected chi connectivity index (χ4v) is 246. The van der Waals surface area contributed by atoms with Crippen LogP contribution < -0.4 is 17.4 Å². The summed E-state index contributed by atoms with van der Waals surface area (Å²) in [5, 5.41) is 0. The van der Waals surface area contributed by atoms with E-state index in [0.29, 0.717) is 0 Å². The van der Waals surface area contributed by atoms with Crippen molar-refractivity contribution < 1.29 is 0 Å². The number of rotatable bonds is 4. The van der Waals surface area contributed by atoms with Crippen molar-refractivity contribution in [3.63, 3.8) is 0 Å². The molecule has 0 saturated carbocycles. The first-order chi connectivity index (χ1) is 13.9. The molecule has 5 rings (SSSR count). The minimum atomic E-state index is -1.00. The second kappa shape index (κ2) is 8.86. The van der Waals surface area contributed by atoms with Crippen molar-refractivity contribution in [3.05, 3.63) is 121 Å². The van der Waals surface area contributed by atoms with Gasteiger partial charge < -0.3 is 0 Å². The Balaban J connectivity index is 1.67. The molecule has 0 aliphatic carbocycles. The molecule has 0 unspecified atom stereocenters. The van der Waals surface area contributed by atoms with Gasteiger partial charge in [0.1, 0.15) is 0 Å². The van der Waals surface area contributed by atoms with Gasteiger partial charge in [0.25, 0.3) is 0 Å². The fourth-order valence-electron chi connectivity index (χ4n) is 3.41. The number of hydrogen-bond donors (Lipinski definition) is 0. The van der Waals surface area contributed by atoms with Gasteiger partial charge >= 0.3 is 181 Å². The molecule has 1 aliphatic heterocycles. The molecule has 28 heavy (non-hydrogen) atoms. The number of hydrogen-bond acceptors (Lipinski definition) is 0. The second-order valence-corrected chi connectivity index (χ2v) is 81.5. The Bertz CT molecular complexity index is 841. The quantitative estimate of drug-likeness (QED) is 0.311. The molecule has 0 aromatic heterocycles. The molecule has 0 spiro atoms. The third-order valence-corrected chi connectivity index (χ3v) is 203. The summed E-state index contributed by atoms with van der Waals surface area (Å²) in [5.41, 5.74) is 0. The van der Waals surface area contributed by atoms with Crippen molar-refractivity contribution in [2.45, 2.75) is 0 Å². The standard InChI is InChI=1S/C24H20As4/c1-5-13-21(14-6-1)25-26(22-15-7-2-8-16-22)28(24-19-11-4-12-20-24)27(25)23-17-9-3-10-18-23/h1-20H. The van der Waals surface area contributed by atoms with Crippen LogP contribution in [-0.4, -0.2) is 42.1 Å². The van der Waals surface area contributed by atoms with Crippen LogP contribution in [0.5, 0.6) is 0 Å². The van der Waals surface area contributed by atoms with Crippen LogP contribution >= 0.6 is 0 Å². The van der Waals surface area contributed by atoms with Gasteiger partial charge in [0.15, 0.2) is 0 Å². The molecule has 0 bridgehead atoms. The van der Waals surface area contributed by atoms with Crippen LogP contribution in [0, 0.1) is 0 Å². The van der Waals surface area contributed by atoms with Gasteiger partial charge in [0.2, 0.25) is 0 Å². The summed E-state index contributed by atoms with van der Waals surface area (Å²) in [6.07, 6.45) is 0. The van der Waals surface area contributed by atoms with Gasteiger partial charge in [-0.1, -0.05) is 0 Å². The normalized spacial score (nSPS) is 23.7. The molecule has 0 N–H and O–H groups in total. The predicted octanol–water partition coefficient (Wildman–Crippen LogP) is 1.92. The van der Waals surface area contributed by atoms with E-state index < -0.39 is 42.1 Å². The molecule has 0 nitrogen and oxygen atoms in total. The summed E-state index contributed by atoms with van der Waals surface area (Å²) < 4.78 is 7.02. The van der Waals surface area contributed by atoms with E-state index in [0.717, 1.165) is 0 Å². The summed E-state index contributed by atoms with van der Waals surface area (Å²) in [7, 11) is -4.00. The minimum absolute atomic E-state index is 1.00. The molecule has 1 heterocycles. The van der Waals surface area contributed by atoms with Gasteiger partial charge in [-0.2, -0.15) is 0 Å². The van der Waals surface area contributed by atoms with Gasteiger partial charge in [-0.05, 0) is 0 Å². The molecule has 0 amide bonds. The van der Waals surface area contributed by atoms with Crippen LogP contribution in [0.1, 0.15) is 0 Å². The Hall–Kier alpha value is -0.886. The number of benzene rings is 4. The van der Waals surface area contributed by atoms with Gasteiger partial charge in [-0.3, -0.25) is 0 Å². The molecular formula is C24H20As4. The molecule has 0 radical (unpaired) electrons. The van der Waals surface area contributed by atoms with Crippen LogP contribution in [0.15, 0.2) is 121 Å². The topological polar surface area (TPSA) is 0 Å². The van der Waals surface area contributed by atoms with Gasteiger partial charge in [-0.25, -0.2) is 0 Å². The average molecular weight is 608 g/mol. The van der Waals surface area contributed by atoms with Crippen molar-refractivity contribution in [1.29, 1.82) is 0 Å². The maximum absolute atomic E-state index is 2.46. The summed E-state index contributed by atoms with van der Waals surface area (Å²) in [4.78, 5) is 0. The van der Waals surface area contributed by atoms with Gasteiger partial charge in [0.05, 0.1) is 0 Å². The molecule has 136 valence electrons.